The Bertz CT molecular complexity index is 295. The Morgan fingerprint density at radius 1 is 1.38 bits per heavy atom. The quantitative estimate of drug-likeness (QED) is 0.413. The Hall–Kier alpha value is 0.580. The minimum atomic E-state index is 0.282. The number of nitrogens with two attached hydrogens (primary N) is 1. The van der Waals surface area contributed by atoms with Crippen LogP contribution in [0.1, 0.15) is 49.9 Å². The van der Waals surface area contributed by atoms with Crippen LogP contribution in [-0.4, -0.2) is 0 Å². The summed E-state index contributed by atoms with van der Waals surface area (Å²) < 4.78 is 2.25. The number of thiophene rings is 1. The normalized spacial score (nSPS) is 13.0. The van der Waals surface area contributed by atoms with E-state index in [9.17, 15) is 0 Å². The molecule has 1 rings (SSSR count). The molecule has 1 heterocycles. The first kappa shape index (κ1) is 14.6. The van der Waals surface area contributed by atoms with E-state index in [1.54, 1.807) is 11.3 Å². The molecule has 0 aliphatic heterocycles. The number of halogens is 2. The zero-order chi connectivity index (χ0) is 12.0. The van der Waals surface area contributed by atoms with E-state index >= 15 is 0 Å². The summed E-state index contributed by atoms with van der Waals surface area (Å²) in [6.07, 6.45) is 6.22. The summed E-state index contributed by atoms with van der Waals surface area (Å²) in [5, 5.41) is 0. The minimum Gasteiger partial charge on any atom is -0.271 e. The van der Waals surface area contributed by atoms with Crippen LogP contribution in [0.5, 0.6) is 0 Å². The predicted molar refractivity (Wildman–Crippen MR) is 78.5 cm³/mol. The monoisotopic (exact) mass is 368 g/mol. The van der Waals surface area contributed by atoms with Gasteiger partial charge in [0.2, 0.25) is 0 Å². The lowest BCUT2D eigenvalue weighted by Crippen LogP contribution is -2.27. The summed E-state index contributed by atoms with van der Waals surface area (Å²) in [6.45, 7) is 2.23. The molecule has 0 aliphatic carbocycles. The second-order valence-electron chi connectivity index (χ2n) is 3.84. The molecule has 1 aromatic heterocycles. The van der Waals surface area contributed by atoms with Crippen molar-refractivity contribution in [3.8, 4) is 0 Å². The smallest absolute Gasteiger partial charge is 0.0843 e. The second-order valence-corrected chi connectivity index (χ2v) is 7.10. The predicted octanol–water partition coefficient (Wildman–Crippen LogP) is 4.75. The SMILES string of the molecule is CCCCCCC(NN)c1cc(Br)c(Br)s1. The highest BCUT2D eigenvalue weighted by atomic mass is 79.9. The molecule has 0 radical (unpaired) electrons. The third-order valence-corrected chi connectivity index (χ3v) is 5.93. The molecule has 1 aromatic rings. The molecule has 0 fully saturated rings. The summed E-state index contributed by atoms with van der Waals surface area (Å²) >= 11 is 8.75. The summed E-state index contributed by atoms with van der Waals surface area (Å²) in [4.78, 5) is 1.29. The van der Waals surface area contributed by atoms with E-state index in [2.05, 4.69) is 50.3 Å². The van der Waals surface area contributed by atoms with Gasteiger partial charge in [-0.1, -0.05) is 32.6 Å². The van der Waals surface area contributed by atoms with Crippen molar-refractivity contribution in [1.82, 2.24) is 5.43 Å². The van der Waals surface area contributed by atoms with Gasteiger partial charge >= 0.3 is 0 Å². The van der Waals surface area contributed by atoms with Crippen LogP contribution in [0, 0.1) is 0 Å². The first-order chi connectivity index (χ1) is 7.69. The molecule has 0 spiro atoms. The minimum absolute atomic E-state index is 0.282. The van der Waals surface area contributed by atoms with Crippen LogP contribution in [0.15, 0.2) is 14.3 Å². The molecule has 0 aliphatic rings. The average molecular weight is 370 g/mol. The van der Waals surface area contributed by atoms with Gasteiger partial charge in [0.25, 0.3) is 0 Å². The van der Waals surface area contributed by atoms with Crippen molar-refractivity contribution in [2.75, 3.05) is 0 Å². The van der Waals surface area contributed by atoms with E-state index in [-0.39, 0.29) is 6.04 Å². The maximum atomic E-state index is 5.60. The van der Waals surface area contributed by atoms with Crippen LogP contribution in [0.25, 0.3) is 0 Å². The number of unbranched alkanes of at least 4 members (excludes halogenated alkanes) is 3. The summed E-state index contributed by atoms with van der Waals surface area (Å²) in [7, 11) is 0. The highest BCUT2D eigenvalue weighted by Gasteiger charge is 2.13. The standard InChI is InChI=1S/C11H18Br2N2S/c1-2-3-4-5-6-9(15-14)10-7-8(12)11(13)16-10/h7,9,15H,2-6,14H2,1H3. The fourth-order valence-electron chi connectivity index (χ4n) is 1.62. The van der Waals surface area contributed by atoms with Crippen molar-refractivity contribution in [3.63, 3.8) is 0 Å². The van der Waals surface area contributed by atoms with Crippen LogP contribution >= 0.6 is 43.2 Å². The van der Waals surface area contributed by atoms with Gasteiger partial charge in [-0.15, -0.1) is 11.3 Å². The number of hydrogen-bond donors (Lipinski definition) is 2. The Balaban J connectivity index is 2.47. The molecule has 0 bridgehead atoms. The van der Waals surface area contributed by atoms with Crippen LogP contribution in [-0.2, 0) is 0 Å². The molecule has 3 N–H and O–H groups in total. The molecule has 1 atom stereocenters. The van der Waals surface area contributed by atoms with Gasteiger partial charge in [-0.2, -0.15) is 0 Å². The van der Waals surface area contributed by atoms with Crippen molar-refractivity contribution < 1.29 is 0 Å². The van der Waals surface area contributed by atoms with E-state index < -0.39 is 0 Å². The van der Waals surface area contributed by atoms with Crippen LogP contribution in [0.3, 0.4) is 0 Å². The molecule has 0 saturated carbocycles. The average Bonchev–Trinajstić information content (AvgIpc) is 2.59. The van der Waals surface area contributed by atoms with E-state index in [1.165, 1.54) is 30.6 Å². The van der Waals surface area contributed by atoms with Gasteiger partial charge in [0, 0.05) is 9.35 Å². The van der Waals surface area contributed by atoms with Gasteiger partial charge in [-0.25, -0.2) is 0 Å². The largest absolute Gasteiger partial charge is 0.271 e. The zero-order valence-corrected chi connectivity index (χ0v) is 13.4. The topological polar surface area (TPSA) is 38.0 Å². The van der Waals surface area contributed by atoms with Gasteiger partial charge in [-0.3, -0.25) is 11.3 Å². The lowest BCUT2D eigenvalue weighted by atomic mass is 10.1. The van der Waals surface area contributed by atoms with E-state index in [0.717, 1.165) is 14.7 Å². The molecular weight excluding hydrogens is 352 g/mol. The van der Waals surface area contributed by atoms with Crippen LogP contribution in [0.2, 0.25) is 0 Å². The Morgan fingerprint density at radius 3 is 2.62 bits per heavy atom. The van der Waals surface area contributed by atoms with Gasteiger partial charge in [0.15, 0.2) is 0 Å². The summed E-state index contributed by atoms with van der Waals surface area (Å²) in [5.74, 6) is 5.60. The van der Waals surface area contributed by atoms with Crippen LogP contribution < -0.4 is 11.3 Å². The molecule has 5 heteroatoms. The number of rotatable bonds is 7. The van der Waals surface area contributed by atoms with Crippen molar-refractivity contribution in [3.05, 3.63) is 19.2 Å². The Labute approximate surface area is 118 Å². The second kappa shape index (κ2) is 7.82. The lowest BCUT2D eigenvalue weighted by Gasteiger charge is -2.13. The number of hydrogen-bond acceptors (Lipinski definition) is 3. The summed E-state index contributed by atoms with van der Waals surface area (Å²) in [6, 6.07) is 2.42. The Morgan fingerprint density at radius 2 is 2.12 bits per heavy atom. The highest BCUT2D eigenvalue weighted by Crippen LogP contribution is 2.36. The third-order valence-electron chi connectivity index (χ3n) is 2.56. The van der Waals surface area contributed by atoms with Crippen molar-refractivity contribution in [1.29, 1.82) is 0 Å². The van der Waals surface area contributed by atoms with E-state index in [4.69, 9.17) is 5.84 Å². The van der Waals surface area contributed by atoms with E-state index in [0.29, 0.717) is 0 Å². The molecule has 0 amide bonds. The molecule has 92 valence electrons. The molecule has 1 unspecified atom stereocenters. The van der Waals surface area contributed by atoms with Gasteiger partial charge in [0.1, 0.15) is 0 Å². The molecular formula is C11H18Br2N2S. The van der Waals surface area contributed by atoms with Gasteiger partial charge in [-0.05, 0) is 44.3 Å². The number of nitrogens with one attached hydrogen (secondary N) is 1. The fourth-order valence-corrected chi connectivity index (χ4v) is 3.80. The van der Waals surface area contributed by atoms with Crippen molar-refractivity contribution in [2.24, 2.45) is 5.84 Å². The van der Waals surface area contributed by atoms with E-state index in [1.807, 2.05) is 0 Å². The third kappa shape index (κ3) is 4.45. The maximum absolute atomic E-state index is 5.60. The zero-order valence-electron chi connectivity index (χ0n) is 9.43. The van der Waals surface area contributed by atoms with Crippen molar-refractivity contribution >= 4 is 43.2 Å². The Kier molecular flexibility index (Phi) is 7.16. The van der Waals surface area contributed by atoms with Crippen LogP contribution in [0.4, 0.5) is 0 Å². The van der Waals surface area contributed by atoms with Gasteiger partial charge < -0.3 is 0 Å². The first-order valence-electron chi connectivity index (χ1n) is 5.59. The lowest BCUT2D eigenvalue weighted by molar-refractivity contribution is 0.488. The van der Waals surface area contributed by atoms with Gasteiger partial charge in [0.05, 0.1) is 9.83 Å². The molecule has 0 aromatic carbocycles. The maximum Gasteiger partial charge on any atom is 0.0843 e. The molecule has 2 nitrogen and oxygen atoms in total. The first-order valence-corrected chi connectivity index (χ1v) is 8.00. The molecule has 16 heavy (non-hydrogen) atoms. The number of hydrazine groups is 1. The fraction of sp³-hybridized carbons (Fsp3) is 0.636. The van der Waals surface area contributed by atoms with Crippen molar-refractivity contribution in [2.45, 2.75) is 45.1 Å². The highest BCUT2D eigenvalue weighted by molar-refractivity contribution is 9.13. The summed E-state index contributed by atoms with van der Waals surface area (Å²) in [5.41, 5.74) is 2.90. The molecule has 0 saturated heterocycles.